The van der Waals surface area contributed by atoms with Crippen molar-refractivity contribution >= 4 is 17.0 Å². The zero-order valence-electron chi connectivity index (χ0n) is 10.5. The van der Waals surface area contributed by atoms with E-state index in [1.165, 1.54) is 5.56 Å². The van der Waals surface area contributed by atoms with E-state index >= 15 is 0 Å². The highest BCUT2D eigenvalue weighted by atomic mass is 16.5. The van der Waals surface area contributed by atoms with E-state index in [9.17, 15) is 0 Å². The van der Waals surface area contributed by atoms with E-state index in [0.29, 0.717) is 12.0 Å². The molecule has 96 valence electrons. The van der Waals surface area contributed by atoms with Crippen LogP contribution in [0.3, 0.4) is 0 Å². The summed E-state index contributed by atoms with van der Waals surface area (Å²) in [6.07, 6.45) is 0. The number of nitrogen functional groups attached to an aromatic ring is 1. The number of hydrogen-bond donors (Lipinski definition) is 2. The first-order chi connectivity index (χ1) is 8.75. The molecule has 0 aliphatic carbocycles. The number of nitrogens with two attached hydrogens (primary N) is 1. The third-order valence-corrected chi connectivity index (χ3v) is 3.61. The molecule has 2 aromatic rings. The molecule has 0 radical (unpaired) electrons. The van der Waals surface area contributed by atoms with Gasteiger partial charge in [-0.2, -0.15) is 0 Å². The summed E-state index contributed by atoms with van der Waals surface area (Å²) in [5.74, 6) is 0.478. The summed E-state index contributed by atoms with van der Waals surface area (Å²) in [7, 11) is 0. The second-order valence-corrected chi connectivity index (χ2v) is 4.69. The van der Waals surface area contributed by atoms with E-state index in [1.807, 2.05) is 12.1 Å². The van der Waals surface area contributed by atoms with Crippen molar-refractivity contribution in [3.8, 4) is 0 Å². The third-order valence-electron chi connectivity index (χ3n) is 3.61. The Balaban J connectivity index is 1.97. The molecule has 0 amide bonds. The number of ether oxygens (including phenoxy) is 1. The normalized spacial score (nSPS) is 19.2. The number of rotatable bonds is 2. The molecule has 3 N–H and O–H groups in total. The molecule has 0 spiro atoms. The number of para-hydroxylation sites is 1. The highest BCUT2D eigenvalue weighted by Gasteiger charge is 2.21. The Hall–Kier alpha value is -1.59. The summed E-state index contributed by atoms with van der Waals surface area (Å²) >= 11 is 0. The van der Waals surface area contributed by atoms with Crippen LogP contribution >= 0.6 is 0 Å². The van der Waals surface area contributed by atoms with Gasteiger partial charge in [-0.1, -0.05) is 12.1 Å². The summed E-state index contributed by atoms with van der Waals surface area (Å²) in [5.41, 5.74) is 8.95. The van der Waals surface area contributed by atoms with Crippen molar-refractivity contribution < 1.29 is 4.74 Å². The minimum absolute atomic E-state index is 0.334. The van der Waals surface area contributed by atoms with Gasteiger partial charge in [0.1, 0.15) is 0 Å². The molecule has 0 bridgehead atoms. The van der Waals surface area contributed by atoms with E-state index in [2.05, 4.69) is 27.9 Å². The number of aromatic nitrogens is 2. The van der Waals surface area contributed by atoms with Crippen LogP contribution in [-0.2, 0) is 4.74 Å². The average Bonchev–Trinajstić information content (AvgIpc) is 2.79. The maximum Gasteiger partial charge on any atom is 0.198 e. The summed E-state index contributed by atoms with van der Waals surface area (Å²) in [5, 5.41) is 0. The molecule has 1 fully saturated rings. The van der Waals surface area contributed by atoms with Crippen LogP contribution in [0.15, 0.2) is 18.2 Å². The lowest BCUT2D eigenvalue weighted by molar-refractivity contribution is 0.0201. The molecule has 5 nitrogen and oxygen atoms in total. The van der Waals surface area contributed by atoms with Gasteiger partial charge in [0.2, 0.25) is 0 Å². The Bertz CT molecular complexity index is 545. The lowest BCUT2D eigenvalue weighted by Crippen LogP contribution is -2.38. The Labute approximate surface area is 106 Å². The van der Waals surface area contributed by atoms with E-state index < -0.39 is 0 Å². The molecule has 18 heavy (non-hydrogen) atoms. The maximum absolute atomic E-state index is 5.74. The van der Waals surface area contributed by atoms with Crippen molar-refractivity contribution in [1.29, 1.82) is 0 Å². The van der Waals surface area contributed by atoms with E-state index in [4.69, 9.17) is 10.5 Å². The maximum atomic E-state index is 5.74. The molecule has 1 aliphatic heterocycles. The summed E-state index contributed by atoms with van der Waals surface area (Å²) < 4.78 is 5.39. The van der Waals surface area contributed by atoms with Crippen molar-refractivity contribution in [3.63, 3.8) is 0 Å². The van der Waals surface area contributed by atoms with E-state index in [1.54, 1.807) is 0 Å². The standard InChI is InChI=1S/C13H18N4O/c1-9(17-5-7-18-8-6-17)10-3-2-4-11-12(10)16-13(14)15-11/h2-4,9H,5-8H2,1H3,(H3,14,15,16). The monoisotopic (exact) mass is 246 g/mol. The SMILES string of the molecule is CC(c1cccc2[nH]c(N)nc12)N1CCOCC1. The first-order valence-corrected chi connectivity index (χ1v) is 6.31. The smallest absolute Gasteiger partial charge is 0.198 e. The van der Waals surface area contributed by atoms with Crippen LogP contribution in [0.2, 0.25) is 0 Å². The molecule has 1 aromatic carbocycles. The Morgan fingerprint density at radius 2 is 2.17 bits per heavy atom. The minimum atomic E-state index is 0.334. The van der Waals surface area contributed by atoms with Crippen LogP contribution in [-0.4, -0.2) is 41.2 Å². The molecule has 2 heterocycles. The topological polar surface area (TPSA) is 67.2 Å². The largest absolute Gasteiger partial charge is 0.379 e. The number of benzene rings is 1. The molecule has 1 aromatic heterocycles. The van der Waals surface area contributed by atoms with Gasteiger partial charge in [0, 0.05) is 19.1 Å². The highest BCUT2D eigenvalue weighted by Crippen LogP contribution is 2.27. The fourth-order valence-corrected chi connectivity index (χ4v) is 2.57. The van der Waals surface area contributed by atoms with Crippen LogP contribution < -0.4 is 5.73 Å². The van der Waals surface area contributed by atoms with Gasteiger partial charge in [0.05, 0.1) is 24.2 Å². The first kappa shape index (κ1) is 11.5. The Kier molecular flexibility index (Phi) is 2.93. The van der Waals surface area contributed by atoms with Crippen molar-refractivity contribution in [2.24, 2.45) is 0 Å². The molecular formula is C13H18N4O. The molecule has 5 heteroatoms. The fourth-order valence-electron chi connectivity index (χ4n) is 2.57. The lowest BCUT2D eigenvalue weighted by Gasteiger charge is -2.32. The fraction of sp³-hybridized carbons (Fsp3) is 0.462. The van der Waals surface area contributed by atoms with Gasteiger partial charge in [0.15, 0.2) is 5.95 Å². The van der Waals surface area contributed by atoms with Crippen LogP contribution in [0, 0.1) is 0 Å². The van der Waals surface area contributed by atoms with Gasteiger partial charge < -0.3 is 15.5 Å². The van der Waals surface area contributed by atoms with Gasteiger partial charge in [0.25, 0.3) is 0 Å². The van der Waals surface area contributed by atoms with Crippen LogP contribution in [0.1, 0.15) is 18.5 Å². The number of hydrogen-bond acceptors (Lipinski definition) is 4. The van der Waals surface area contributed by atoms with Crippen LogP contribution in [0.5, 0.6) is 0 Å². The predicted molar refractivity (Wildman–Crippen MR) is 71.3 cm³/mol. The van der Waals surface area contributed by atoms with Gasteiger partial charge in [-0.05, 0) is 18.6 Å². The number of morpholine rings is 1. The molecule has 1 saturated heterocycles. The molecule has 1 atom stereocenters. The summed E-state index contributed by atoms with van der Waals surface area (Å²) in [6, 6.07) is 6.52. The second-order valence-electron chi connectivity index (χ2n) is 4.69. The number of fused-ring (bicyclic) bond motifs is 1. The average molecular weight is 246 g/mol. The molecular weight excluding hydrogens is 228 g/mol. The zero-order valence-corrected chi connectivity index (χ0v) is 10.5. The number of H-pyrrole nitrogens is 1. The zero-order chi connectivity index (χ0) is 12.5. The van der Waals surface area contributed by atoms with Crippen LogP contribution in [0.4, 0.5) is 5.95 Å². The molecule has 1 unspecified atom stereocenters. The first-order valence-electron chi connectivity index (χ1n) is 6.31. The minimum Gasteiger partial charge on any atom is -0.379 e. The molecule has 0 saturated carbocycles. The quantitative estimate of drug-likeness (QED) is 0.843. The highest BCUT2D eigenvalue weighted by molar-refractivity contribution is 5.81. The number of aromatic amines is 1. The second kappa shape index (κ2) is 4.59. The summed E-state index contributed by atoms with van der Waals surface area (Å²) in [6.45, 7) is 5.77. The number of anilines is 1. The van der Waals surface area contributed by atoms with Crippen LogP contribution in [0.25, 0.3) is 11.0 Å². The third kappa shape index (κ3) is 1.95. The molecule has 1 aliphatic rings. The van der Waals surface area contributed by atoms with Crippen molar-refractivity contribution in [1.82, 2.24) is 14.9 Å². The van der Waals surface area contributed by atoms with Gasteiger partial charge >= 0.3 is 0 Å². The number of nitrogens with one attached hydrogen (secondary N) is 1. The number of nitrogens with zero attached hydrogens (tertiary/aromatic N) is 2. The van der Waals surface area contributed by atoms with E-state index in [0.717, 1.165) is 37.3 Å². The van der Waals surface area contributed by atoms with E-state index in [-0.39, 0.29) is 0 Å². The van der Waals surface area contributed by atoms with Crippen molar-refractivity contribution in [2.45, 2.75) is 13.0 Å². The van der Waals surface area contributed by atoms with Gasteiger partial charge in [-0.15, -0.1) is 0 Å². The Morgan fingerprint density at radius 1 is 1.39 bits per heavy atom. The van der Waals surface area contributed by atoms with Crippen molar-refractivity contribution in [3.05, 3.63) is 23.8 Å². The summed E-state index contributed by atoms with van der Waals surface area (Å²) in [4.78, 5) is 9.89. The lowest BCUT2D eigenvalue weighted by atomic mass is 10.0. The Morgan fingerprint density at radius 3 is 2.94 bits per heavy atom. The van der Waals surface area contributed by atoms with Gasteiger partial charge in [-0.25, -0.2) is 4.98 Å². The predicted octanol–water partition coefficient (Wildman–Crippen LogP) is 1.54. The number of imidazole rings is 1. The van der Waals surface area contributed by atoms with Gasteiger partial charge in [-0.3, -0.25) is 4.90 Å². The van der Waals surface area contributed by atoms with Crippen molar-refractivity contribution in [2.75, 3.05) is 32.0 Å². The molecule has 3 rings (SSSR count).